The molecule has 0 radical (unpaired) electrons. The van der Waals surface area contributed by atoms with Crippen LogP contribution in [-0.4, -0.2) is 42.7 Å². The molecule has 33 heavy (non-hydrogen) atoms. The zero-order valence-electron chi connectivity index (χ0n) is 19.8. The highest BCUT2D eigenvalue weighted by Crippen LogP contribution is 2.39. The molecular formula is C26H31FN6. The largest absolute Gasteiger partial charge is 0.354 e. The van der Waals surface area contributed by atoms with E-state index in [-0.39, 0.29) is 11.7 Å². The number of hydrogen-bond donors (Lipinski definition) is 1. The maximum atomic E-state index is 14.7. The Kier molecular flexibility index (Phi) is 5.74. The fourth-order valence-corrected chi connectivity index (χ4v) is 5.11. The molecule has 6 nitrogen and oxygen atoms in total. The van der Waals surface area contributed by atoms with E-state index in [1.807, 2.05) is 20.0 Å². The van der Waals surface area contributed by atoms with E-state index < -0.39 is 0 Å². The standard InChI is InChI=1S/C26H31FN6/c1-16(2)25-21-12-19(18-7-9-33(10-8-18)14-24-29-15-32(4)31-24)5-6-23(21)30-26(25)20-11-17(3)28-13-22(20)27/h5-6,11-13,15-16,18,30H,7-10,14H2,1-4H3. The SMILES string of the molecule is Cc1cc(-c2[nH]c3ccc(C4CCN(Cc5ncn(C)n5)CC4)cc3c2C(C)C)c(F)cn1. The lowest BCUT2D eigenvalue weighted by atomic mass is 9.87. The van der Waals surface area contributed by atoms with Gasteiger partial charge in [0.15, 0.2) is 11.6 Å². The third-order valence-electron chi connectivity index (χ3n) is 6.77. The number of halogens is 1. The molecule has 0 saturated carbocycles. The third-order valence-corrected chi connectivity index (χ3v) is 6.77. The number of rotatable bonds is 5. The quantitative estimate of drug-likeness (QED) is 0.451. The minimum atomic E-state index is -0.288. The van der Waals surface area contributed by atoms with Crippen LogP contribution in [0.15, 0.2) is 36.8 Å². The van der Waals surface area contributed by atoms with Gasteiger partial charge in [-0.15, -0.1) is 0 Å². The summed E-state index contributed by atoms with van der Waals surface area (Å²) in [6.07, 6.45) is 5.31. The molecule has 4 heterocycles. The Bertz CT molecular complexity index is 1280. The number of benzene rings is 1. The molecule has 1 aliphatic rings. The lowest BCUT2D eigenvalue weighted by Gasteiger charge is -2.31. The van der Waals surface area contributed by atoms with E-state index in [1.165, 1.54) is 22.7 Å². The van der Waals surface area contributed by atoms with Gasteiger partial charge in [0.25, 0.3) is 0 Å². The number of aryl methyl sites for hydroxylation is 2. The van der Waals surface area contributed by atoms with E-state index in [2.05, 4.69) is 57.0 Å². The zero-order chi connectivity index (χ0) is 23.1. The van der Waals surface area contributed by atoms with Gasteiger partial charge in [-0.3, -0.25) is 14.6 Å². The number of nitrogens with zero attached hydrogens (tertiary/aromatic N) is 5. The van der Waals surface area contributed by atoms with Crippen molar-refractivity contribution in [2.24, 2.45) is 7.05 Å². The number of fused-ring (bicyclic) bond motifs is 1. The first kappa shape index (κ1) is 21.8. The molecule has 1 aliphatic heterocycles. The number of hydrogen-bond acceptors (Lipinski definition) is 4. The molecule has 0 unspecified atom stereocenters. The summed E-state index contributed by atoms with van der Waals surface area (Å²) >= 11 is 0. The maximum Gasteiger partial charge on any atom is 0.164 e. The molecule has 0 aliphatic carbocycles. The van der Waals surface area contributed by atoms with Gasteiger partial charge in [0.2, 0.25) is 0 Å². The molecule has 0 spiro atoms. The van der Waals surface area contributed by atoms with Crippen LogP contribution in [0.4, 0.5) is 4.39 Å². The fourth-order valence-electron chi connectivity index (χ4n) is 5.11. The predicted molar refractivity (Wildman–Crippen MR) is 129 cm³/mol. The highest BCUT2D eigenvalue weighted by molar-refractivity contribution is 5.92. The van der Waals surface area contributed by atoms with Gasteiger partial charge in [-0.25, -0.2) is 9.37 Å². The van der Waals surface area contributed by atoms with E-state index in [9.17, 15) is 4.39 Å². The van der Waals surface area contributed by atoms with Crippen molar-refractivity contribution < 1.29 is 4.39 Å². The molecule has 1 fully saturated rings. The second-order valence-corrected chi connectivity index (χ2v) is 9.56. The van der Waals surface area contributed by atoms with Crippen molar-refractivity contribution >= 4 is 10.9 Å². The van der Waals surface area contributed by atoms with E-state index in [0.29, 0.717) is 11.5 Å². The van der Waals surface area contributed by atoms with Crippen molar-refractivity contribution in [1.29, 1.82) is 0 Å². The lowest BCUT2D eigenvalue weighted by Crippen LogP contribution is -2.32. The van der Waals surface area contributed by atoms with Crippen molar-refractivity contribution in [3.8, 4) is 11.3 Å². The molecule has 1 aromatic carbocycles. The monoisotopic (exact) mass is 446 g/mol. The molecule has 1 N–H and O–H groups in total. The van der Waals surface area contributed by atoms with Crippen molar-refractivity contribution in [2.45, 2.75) is 52.0 Å². The van der Waals surface area contributed by atoms with Crippen molar-refractivity contribution in [2.75, 3.05) is 13.1 Å². The van der Waals surface area contributed by atoms with Crippen LogP contribution in [0.5, 0.6) is 0 Å². The van der Waals surface area contributed by atoms with Gasteiger partial charge < -0.3 is 4.98 Å². The van der Waals surface area contributed by atoms with E-state index in [4.69, 9.17) is 0 Å². The Morgan fingerprint density at radius 2 is 1.94 bits per heavy atom. The van der Waals surface area contributed by atoms with Crippen LogP contribution < -0.4 is 0 Å². The number of piperidine rings is 1. The highest BCUT2D eigenvalue weighted by Gasteiger charge is 2.24. The van der Waals surface area contributed by atoms with Crippen LogP contribution in [0.1, 0.15) is 61.2 Å². The van der Waals surface area contributed by atoms with E-state index in [1.54, 1.807) is 11.0 Å². The number of aromatic amines is 1. The van der Waals surface area contributed by atoms with Crippen LogP contribution in [0, 0.1) is 12.7 Å². The molecule has 0 bridgehead atoms. The Balaban J connectivity index is 1.41. The molecule has 7 heteroatoms. The molecule has 1 saturated heterocycles. The van der Waals surface area contributed by atoms with Crippen LogP contribution in [0.3, 0.4) is 0 Å². The second kappa shape index (κ2) is 8.71. The first-order valence-electron chi connectivity index (χ1n) is 11.7. The Morgan fingerprint density at radius 3 is 2.64 bits per heavy atom. The predicted octanol–water partition coefficient (Wildman–Crippen LogP) is 5.31. The summed E-state index contributed by atoms with van der Waals surface area (Å²) in [7, 11) is 1.90. The van der Waals surface area contributed by atoms with E-state index in [0.717, 1.165) is 55.2 Å². The van der Waals surface area contributed by atoms with Gasteiger partial charge in [0, 0.05) is 29.2 Å². The molecule has 4 aromatic rings. The summed E-state index contributed by atoms with van der Waals surface area (Å²) in [6, 6.07) is 8.56. The van der Waals surface area contributed by atoms with Gasteiger partial charge in [-0.2, -0.15) is 5.10 Å². The van der Waals surface area contributed by atoms with Gasteiger partial charge >= 0.3 is 0 Å². The minimum Gasteiger partial charge on any atom is -0.354 e. The normalized spacial score (nSPS) is 15.7. The second-order valence-electron chi connectivity index (χ2n) is 9.56. The van der Waals surface area contributed by atoms with Crippen LogP contribution in [0.25, 0.3) is 22.2 Å². The Hall–Kier alpha value is -3.06. The summed E-state index contributed by atoms with van der Waals surface area (Å²) in [5, 5.41) is 5.61. The van der Waals surface area contributed by atoms with Gasteiger partial charge in [0.05, 0.1) is 18.4 Å². The molecule has 5 rings (SSSR count). The van der Waals surface area contributed by atoms with Crippen LogP contribution in [0.2, 0.25) is 0 Å². The lowest BCUT2D eigenvalue weighted by molar-refractivity contribution is 0.200. The first-order chi connectivity index (χ1) is 15.9. The molecule has 0 amide bonds. The third kappa shape index (κ3) is 4.29. The number of H-pyrrole nitrogens is 1. The fraction of sp³-hybridized carbons (Fsp3) is 0.423. The molecular weight excluding hydrogens is 415 g/mol. The van der Waals surface area contributed by atoms with E-state index >= 15 is 0 Å². The highest BCUT2D eigenvalue weighted by atomic mass is 19.1. The topological polar surface area (TPSA) is 62.6 Å². The Labute approximate surface area is 193 Å². The average molecular weight is 447 g/mol. The van der Waals surface area contributed by atoms with Gasteiger partial charge in [0.1, 0.15) is 6.33 Å². The summed E-state index contributed by atoms with van der Waals surface area (Å²) in [5.41, 5.74) is 5.89. The molecule has 3 aromatic heterocycles. The first-order valence-corrected chi connectivity index (χ1v) is 11.7. The number of likely N-dealkylation sites (tertiary alicyclic amines) is 1. The zero-order valence-corrected chi connectivity index (χ0v) is 19.8. The van der Waals surface area contributed by atoms with Crippen molar-refractivity contribution in [3.05, 3.63) is 65.3 Å². The van der Waals surface area contributed by atoms with Crippen LogP contribution in [-0.2, 0) is 13.6 Å². The van der Waals surface area contributed by atoms with Gasteiger partial charge in [-0.1, -0.05) is 19.9 Å². The van der Waals surface area contributed by atoms with Crippen molar-refractivity contribution in [3.63, 3.8) is 0 Å². The maximum absolute atomic E-state index is 14.7. The minimum absolute atomic E-state index is 0.268. The van der Waals surface area contributed by atoms with Crippen molar-refractivity contribution in [1.82, 2.24) is 29.6 Å². The van der Waals surface area contributed by atoms with Gasteiger partial charge in [-0.05, 0) is 74.0 Å². The average Bonchev–Trinajstić information content (AvgIpc) is 3.38. The summed E-state index contributed by atoms with van der Waals surface area (Å²) in [5.74, 6) is 1.40. The Morgan fingerprint density at radius 1 is 1.15 bits per heavy atom. The number of aromatic nitrogens is 5. The molecule has 0 atom stereocenters. The number of nitrogens with one attached hydrogen (secondary N) is 1. The summed E-state index contributed by atoms with van der Waals surface area (Å²) < 4.78 is 16.5. The smallest absolute Gasteiger partial charge is 0.164 e. The summed E-state index contributed by atoms with van der Waals surface area (Å²) in [6.45, 7) is 9.14. The number of pyridine rings is 1. The summed E-state index contributed by atoms with van der Waals surface area (Å²) in [4.78, 5) is 14.4. The molecule has 172 valence electrons. The van der Waals surface area contributed by atoms with Crippen LogP contribution >= 0.6 is 0 Å².